The van der Waals surface area contributed by atoms with Crippen molar-refractivity contribution in [2.45, 2.75) is 19.4 Å². The molecular weight excluding hydrogens is 374 g/mol. The van der Waals surface area contributed by atoms with Gasteiger partial charge in [-0.25, -0.2) is 0 Å². The third-order valence-electron chi connectivity index (χ3n) is 5.74. The summed E-state index contributed by atoms with van der Waals surface area (Å²) in [7, 11) is 0. The van der Waals surface area contributed by atoms with Crippen LogP contribution in [0.15, 0.2) is 72.9 Å². The van der Waals surface area contributed by atoms with Gasteiger partial charge in [0.2, 0.25) is 0 Å². The second-order valence-corrected chi connectivity index (χ2v) is 7.82. The SMILES string of the molecule is C[C@@H]1CCN(C(=O)c2ccc(-c3ccc4[nH]ccc4c3)c(O)c2)c2ccccc2N1. The minimum absolute atomic E-state index is 0.102. The van der Waals surface area contributed by atoms with Crippen molar-refractivity contribution in [3.63, 3.8) is 0 Å². The molecule has 0 saturated heterocycles. The number of aromatic hydroxyl groups is 1. The zero-order valence-electron chi connectivity index (χ0n) is 16.7. The molecule has 0 fully saturated rings. The van der Waals surface area contributed by atoms with Crippen LogP contribution in [0.1, 0.15) is 23.7 Å². The maximum absolute atomic E-state index is 13.3. The zero-order valence-corrected chi connectivity index (χ0v) is 16.7. The molecule has 2 heterocycles. The van der Waals surface area contributed by atoms with Gasteiger partial charge in [0.05, 0.1) is 11.4 Å². The van der Waals surface area contributed by atoms with E-state index in [4.69, 9.17) is 0 Å². The van der Waals surface area contributed by atoms with Crippen LogP contribution in [0, 0.1) is 0 Å². The van der Waals surface area contributed by atoms with Crippen LogP contribution < -0.4 is 10.2 Å². The first-order valence-corrected chi connectivity index (χ1v) is 10.2. The monoisotopic (exact) mass is 397 g/mol. The standard InChI is InChI=1S/C25H23N3O2/c1-16-11-13-28(23-5-3-2-4-22(23)27-16)25(30)19-6-8-20(24(29)15-19)17-7-9-21-18(14-17)10-12-26-21/h2-10,12,14-16,26-27,29H,11,13H2,1H3/t16-/m1/s1. The molecule has 0 saturated carbocycles. The number of hydrogen-bond acceptors (Lipinski definition) is 3. The van der Waals surface area contributed by atoms with Gasteiger partial charge >= 0.3 is 0 Å². The summed E-state index contributed by atoms with van der Waals surface area (Å²) in [5, 5.41) is 15.3. The Morgan fingerprint density at radius 2 is 1.93 bits per heavy atom. The Morgan fingerprint density at radius 3 is 2.80 bits per heavy atom. The Kier molecular flexibility index (Phi) is 4.43. The molecule has 5 rings (SSSR count). The number of benzene rings is 3. The van der Waals surface area contributed by atoms with Gasteiger partial charge in [-0.1, -0.05) is 18.2 Å². The van der Waals surface area contributed by atoms with E-state index >= 15 is 0 Å². The number of carbonyl (C=O) groups excluding carboxylic acids is 1. The molecule has 1 aliphatic heterocycles. The van der Waals surface area contributed by atoms with Crippen LogP contribution in [0.25, 0.3) is 22.0 Å². The van der Waals surface area contributed by atoms with E-state index in [9.17, 15) is 9.90 Å². The van der Waals surface area contributed by atoms with Crippen LogP contribution in [0.4, 0.5) is 11.4 Å². The quantitative estimate of drug-likeness (QED) is 0.425. The van der Waals surface area contributed by atoms with Crippen LogP contribution in [0.2, 0.25) is 0 Å². The molecule has 1 aromatic heterocycles. The molecule has 4 aromatic rings. The predicted octanol–water partition coefficient (Wildman–Crippen LogP) is 5.39. The molecule has 0 radical (unpaired) electrons. The van der Waals surface area contributed by atoms with Crippen LogP contribution >= 0.6 is 0 Å². The number of aromatic nitrogens is 1. The lowest BCUT2D eigenvalue weighted by Crippen LogP contribution is -2.32. The van der Waals surface area contributed by atoms with Crippen molar-refractivity contribution in [1.29, 1.82) is 0 Å². The lowest BCUT2D eigenvalue weighted by Gasteiger charge is -2.22. The highest BCUT2D eigenvalue weighted by molar-refractivity contribution is 6.08. The largest absolute Gasteiger partial charge is 0.507 e. The van der Waals surface area contributed by atoms with E-state index in [1.807, 2.05) is 60.8 Å². The highest BCUT2D eigenvalue weighted by Gasteiger charge is 2.24. The van der Waals surface area contributed by atoms with Crippen LogP contribution in [0.3, 0.4) is 0 Å². The van der Waals surface area contributed by atoms with Gasteiger partial charge in [-0.2, -0.15) is 0 Å². The first-order valence-electron chi connectivity index (χ1n) is 10.2. The molecule has 0 aliphatic carbocycles. The minimum atomic E-state index is -0.110. The van der Waals surface area contributed by atoms with Crippen molar-refractivity contribution in [2.75, 3.05) is 16.8 Å². The highest BCUT2D eigenvalue weighted by atomic mass is 16.3. The van der Waals surface area contributed by atoms with Gasteiger partial charge in [0, 0.05) is 35.4 Å². The fourth-order valence-corrected chi connectivity index (χ4v) is 4.11. The number of anilines is 2. The number of hydrogen-bond donors (Lipinski definition) is 3. The van der Waals surface area contributed by atoms with Gasteiger partial charge < -0.3 is 20.3 Å². The molecule has 1 atom stereocenters. The molecule has 3 N–H and O–H groups in total. The average Bonchev–Trinajstić information content (AvgIpc) is 3.15. The summed E-state index contributed by atoms with van der Waals surface area (Å²) in [6.45, 7) is 2.74. The smallest absolute Gasteiger partial charge is 0.258 e. The molecule has 5 heteroatoms. The first-order chi connectivity index (χ1) is 14.6. The Morgan fingerprint density at radius 1 is 1.07 bits per heavy atom. The second kappa shape index (κ2) is 7.26. The zero-order chi connectivity index (χ0) is 20.7. The van der Waals surface area contributed by atoms with E-state index in [1.165, 1.54) is 0 Å². The number of nitrogens with one attached hydrogen (secondary N) is 2. The topological polar surface area (TPSA) is 68.4 Å². The first kappa shape index (κ1) is 18.3. The van der Waals surface area contributed by atoms with E-state index in [2.05, 4.69) is 17.2 Å². The average molecular weight is 397 g/mol. The van der Waals surface area contributed by atoms with Crippen molar-refractivity contribution >= 4 is 28.2 Å². The number of nitrogens with zero attached hydrogens (tertiary/aromatic N) is 1. The molecule has 5 nitrogen and oxygen atoms in total. The van der Waals surface area contributed by atoms with Crippen molar-refractivity contribution in [3.05, 3.63) is 78.5 Å². The molecule has 3 aromatic carbocycles. The van der Waals surface area contributed by atoms with E-state index in [1.54, 1.807) is 17.0 Å². The number of para-hydroxylation sites is 2. The number of phenols is 1. The summed E-state index contributed by atoms with van der Waals surface area (Å²) >= 11 is 0. The summed E-state index contributed by atoms with van der Waals surface area (Å²) < 4.78 is 0. The molecule has 30 heavy (non-hydrogen) atoms. The van der Waals surface area contributed by atoms with Gasteiger partial charge in [0.1, 0.15) is 5.75 Å². The summed E-state index contributed by atoms with van der Waals surface area (Å²) in [5.74, 6) is -0.00776. The van der Waals surface area contributed by atoms with E-state index in [-0.39, 0.29) is 17.7 Å². The van der Waals surface area contributed by atoms with Crippen molar-refractivity contribution in [2.24, 2.45) is 0 Å². The third-order valence-corrected chi connectivity index (χ3v) is 5.74. The summed E-state index contributed by atoms with van der Waals surface area (Å²) in [6.07, 6.45) is 2.74. The van der Waals surface area contributed by atoms with Crippen LogP contribution in [-0.4, -0.2) is 28.6 Å². The molecule has 0 unspecified atom stereocenters. The van der Waals surface area contributed by atoms with E-state index in [0.29, 0.717) is 17.7 Å². The van der Waals surface area contributed by atoms with Crippen molar-refractivity contribution < 1.29 is 9.90 Å². The highest BCUT2D eigenvalue weighted by Crippen LogP contribution is 2.34. The number of fused-ring (bicyclic) bond motifs is 2. The van der Waals surface area contributed by atoms with E-state index in [0.717, 1.165) is 34.3 Å². The van der Waals surface area contributed by atoms with Crippen molar-refractivity contribution in [3.8, 4) is 16.9 Å². The van der Waals surface area contributed by atoms with Crippen molar-refractivity contribution in [1.82, 2.24) is 4.98 Å². The molecule has 0 spiro atoms. The maximum Gasteiger partial charge on any atom is 0.258 e. The number of H-pyrrole nitrogens is 1. The summed E-state index contributed by atoms with van der Waals surface area (Å²) in [6, 6.07) is 21.3. The predicted molar refractivity (Wildman–Crippen MR) is 121 cm³/mol. The Labute approximate surface area is 175 Å². The number of amides is 1. The molecule has 150 valence electrons. The maximum atomic E-state index is 13.3. The van der Waals surface area contributed by atoms with Gasteiger partial charge in [-0.3, -0.25) is 4.79 Å². The lowest BCUT2D eigenvalue weighted by molar-refractivity contribution is 0.0986. The summed E-state index contributed by atoms with van der Waals surface area (Å²) in [4.78, 5) is 18.3. The lowest BCUT2D eigenvalue weighted by atomic mass is 10.0. The van der Waals surface area contributed by atoms with Crippen LogP contribution in [0.5, 0.6) is 5.75 Å². The Hall–Kier alpha value is -3.73. The Bertz CT molecular complexity index is 1240. The molecular formula is C25H23N3O2. The Balaban J connectivity index is 1.49. The number of aromatic amines is 1. The van der Waals surface area contributed by atoms with Gasteiger partial charge in [0.25, 0.3) is 5.91 Å². The van der Waals surface area contributed by atoms with Gasteiger partial charge in [-0.05, 0) is 72.8 Å². The fourth-order valence-electron chi connectivity index (χ4n) is 4.11. The second-order valence-electron chi connectivity index (χ2n) is 7.82. The number of rotatable bonds is 2. The number of phenolic OH excluding ortho intramolecular Hbond substituents is 1. The molecule has 1 amide bonds. The summed E-state index contributed by atoms with van der Waals surface area (Å²) in [5.41, 5.74) is 4.97. The normalized spacial score (nSPS) is 16.0. The van der Waals surface area contributed by atoms with E-state index < -0.39 is 0 Å². The minimum Gasteiger partial charge on any atom is -0.507 e. The van der Waals surface area contributed by atoms with Gasteiger partial charge in [-0.15, -0.1) is 0 Å². The van der Waals surface area contributed by atoms with Gasteiger partial charge in [0.15, 0.2) is 0 Å². The molecule has 0 bridgehead atoms. The number of carbonyl (C=O) groups is 1. The van der Waals surface area contributed by atoms with Crippen LogP contribution in [-0.2, 0) is 0 Å². The third kappa shape index (κ3) is 3.18. The molecule has 1 aliphatic rings. The fraction of sp³-hybridized carbons (Fsp3) is 0.160.